The fourth-order valence-corrected chi connectivity index (χ4v) is 11.3. The van der Waals surface area contributed by atoms with E-state index in [1.165, 1.54) is 90.1 Å². The van der Waals surface area contributed by atoms with Gasteiger partial charge in [-0.15, -0.1) is 22.7 Å². The first kappa shape index (κ1) is 33.2. The molecular formula is C54H34N2S2. The summed E-state index contributed by atoms with van der Waals surface area (Å²) in [5.41, 5.74) is 11.8. The van der Waals surface area contributed by atoms with Crippen LogP contribution in [0.1, 0.15) is 0 Å². The van der Waals surface area contributed by atoms with Crippen molar-refractivity contribution < 1.29 is 0 Å². The van der Waals surface area contributed by atoms with Crippen molar-refractivity contribution in [3.63, 3.8) is 0 Å². The molecule has 3 aromatic heterocycles. The topological polar surface area (TPSA) is 8.17 Å². The van der Waals surface area contributed by atoms with Gasteiger partial charge in [0.25, 0.3) is 0 Å². The first-order valence-electron chi connectivity index (χ1n) is 19.7. The molecule has 9 aromatic carbocycles. The molecule has 12 aromatic rings. The van der Waals surface area contributed by atoms with Crippen molar-refractivity contribution in [1.82, 2.24) is 4.57 Å². The van der Waals surface area contributed by atoms with E-state index in [-0.39, 0.29) is 0 Å². The second kappa shape index (κ2) is 13.3. The van der Waals surface area contributed by atoms with Gasteiger partial charge in [-0.05, 0) is 83.4 Å². The average molecular weight is 775 g/mol. The summed E-state index contributed by atoms with van der Waals surface area (Å²) in [6.07, 6.45) is 0. The van der Waals surface area contributed by atoms with E-state index in [4.69, 9.17) is 0 Å². The predicted molar refractivity (Wildman–Crippen MR) is 252 cm³/mol. The lowest BCUT2D eigenvalue weighted by molar-refractivity contribution is 1.18. The number of benzene rings is 9. The van der Waals surface area contributed by atoms with Gasteiger partial charge in [-0.2, -0.15) is 0 Å². The van der Waals surface area contributed by atoms with Gasteiger partial charge >= 0.3 is 0 Å². The highest BCUT2D eigenvalue weighted by molar-refractivity contribution is 7.26. The summed E-state index contributed by atoms with van der Waals surface area (Å²) in [5, 5.41) is 7.76. The van der Waals surface area contributed by atoms with Crippen molar-refractivity contribution in [1.29, 1.82) is 0 Å². The molecule has 3 heterocycles. The largest absolute Gasteiger partial charge is 0.310 e. The van der Waals surface area contributed by atoms with Gasteiger partial charge < -0.3 is 9.47 Å². The van der Waals surface area contributed by atoms with Crippen LogP contribution in [-0.2, 0) is 0 Å². The summed E-state index contributed by atoms with van der Waals surface area (Å²) >= 11 is 3.73. The van der Waals surface area contributed by atoms with Gasteiger partial charge in [-0.25, -0.2) is 0 Å². The quantitative estimate of drug-likeness (QED) is 0.163. The van der Waals surface area contributed by atoms with Crippen molar-refractivity contribution in [2.24, 2.45) is 0 Å². The lowest BCUT2D eigenvalue weighted by Gasteiger charge is -2.26. The predicted octanol–water partition coefficient (Wildman–Crippen LogP) is 16.3. The molecule has 272 valence electrons. The van der Waals surface area contributed by atoms with Gasteiger partial charge in [0.1, 0.15) is 0 Å². The second-order valence-electron chi connectivity index (χ2n) is 14.9. The van der Waals surface area contributed by atoms with Crippen molar-refractivity contribution in [3.8, 4) is 27.9 Å². The number of nitrogens with zero attached hydrogens (tertiary/aromatic N) is 2. The van der Waals surface area contributed by atoms with Crippen molar-refractivity contribution in [2.75, 3.05) is 4.90 Å². The summed E-state index contributed by atoms with van der Waals surface area (Å²) < 4.78 is 7.64. The Morgan fingerprint density at radius 2 is 0.741 bits per heavy atom. The molecule has 0 atom stereocenters. The van der Waals surface area contributed by atoms with Crippen LogP contribution in [0, 0.1) is 0 Å². The third-order valence-electron chi connectivity index (χ3n) is 11.6. The van der Waals surface area contributed by atoms with Gasteiger partial charge in [0.2, 0.25) is 0 Å². The number of rotatable bonds is 6. The zero-order chi connectivity index (χ0) is 38.2. The molecule has 0 aliphatic heterocycles. The molecule has 0 unspecified atom stereocenters. The molecule has 2 nitrogen and oxygen atoms in total. The Hall–Kier alpha value is -6.98. The molecule has 0 amide bonds. The summed E-state index contributed by atoms with van der Waals surface area (Å²) in [6, 6.07) is 75.7. The third-order valence-corrected chi connectivity index (χ3v) is 13.9. The molecule has 0 N–H and O–H groups in total. The number of hydrogen-bond acceptors (Lipinski definition) is 3. The van der Waals surface area contributed by atoms with Gasteiger partial charge in [0.15, 0.2) is 0 Å². The minimum Gasteiger partial charge on any atom is -0.310 e. The molecule has 0 radical (unpaired) electrons. The smallest absolute Gasteiger partial charge is 0.0541 e. The van der Waals surface area contributed by atoms with Crippen LogP contribution in [-0.4, -0.2) is 4.57 Å². The van der Waals surface area contributed by atoms with Crippen molar-refractivity contribution in [3.05, 3.63) is 206 Å². The van der Waals surface area contributed by atoms with Crippen LogP contribution in [0.4, 0.5) is 17.1 Å². The maximum atomic E-state index is 2.43. The molecule has 0 saturated carbocycles. The standard InChI is InChI=1S/C54H34N2S2/c1-2-14-40(41-15-3-8-20-48(41)56-49-21-9-4-16-42(49)43-17-5-10-22-50(43)56)39(13-1)35-25-27-36(28-26-35)55(37-29-31-46-44-18-6-11-23-51(44)57-53(46)33-37)38-30-32-47-45-19-7-12-24-52(45)58-54(47)34-38/h1-34H. The lowest BCUT2D eigenvalue weighted by Crippen LogP contribution is -2.09. The van der Waals surface area contributed by atoms with E-state index in [9.17, 15) is 0 Å². The van der Waals surface area contributed by atoms with Crippen LogP contribution in [0.3, 0.4) is 0 Å². The van der Waals surface area contributed by atoms with Crippen LogP contribution < -0.4 is 4.90 Å². The molecule has 4 heteroatoms. The van der Waals surface area contributed by atoms with Crippen LogP contribution in [0.15, 0.2) is 206 Å². The summed E-state index contributed by atoms with van der Waals surface area (Å²) in [6.45, 7) is 0. The van der Waals surface area contributed by atoms with Crippen LogP contribution >= 0.6 is 22.7 Å². The van der Waals surface area contributed by atoms with E-state index in [0.717, 1.165) is 17.1 Å². The Morgan fingerprint density at radius 3 is 1.33 bits per heavy atom. The maximum Gasteiger partial charge on any atom is 0.0541 e. The van der Waals surface area contributed by atoms with E-state index in [1.54, 1.807) is 0 Å². The Kier molecular flexibility index (Phi) is 7.62. The number of fused-ring (bicyclic) bond motifs is 9. The zero-order valence-corrected chi connectivity index (χ0v) is 33.0. The molecule has 0 spiro atoms. The van der Waals surface area contributed by atoms with E-state index < -0.39 is 0 Å². The summed E-state index contributed by atoms with van der Waals surface area (Å²) in [5.74, 6) is 0. The van der Waals surface area contributed by atoms with Crippen molar-refractivity contribution >= 4 is 102 Å². The van der Waals surface area contributed by atoms with E-state index in [1.807, 2.05) is 22.7 Å². The number of hydrogen-bond donors (Lipinski definition) is 0. The first-order chi connectivity index (χ1) is 28.8. The number of para-hydroxylation sites is 3. The summed E-state index contributed by atoms with van der Waals surface area (Å²) in [4.78, 5) is 2.42. The van der Waals surface area contributed by atoms with E-state index >= 15 is 0 Å². The van der Waals surface area contributed by atoms with Gasteiger partial charge in [0, 0.05) is 73.7 Å². The molecule has 0 saturated heterocycles. The lowest BCUT2D eigenvalue weighted by atomic mass is 9.93. The van der Waals surface area contributed by atoms with Gasteiger partial charge in [-0.3, -0.25) is 0 Å². The Labute approximate surface area is 343 Å². The molecule has 0 fully saturated rings. The minimum atomic E-state index is 1.12. The number of aromatic nitrogens is 1. The average Bonchev–Trinajstić information content (AvgIpc) is 3.96. The SMILES string of the molecule is c1ccc(-c2ccccc2-n2c3ccccc3c3ccccc32)c(-c2ccc(N(c3ccc4c(c3)sc3ccccc34)c3ccc4c(c3)sc3ccccc34)cc2)c1. The molecular weight excluding hydrogens is 741 g/mol. The third kappa shape index (κ3) is 5.23. The molecule has 0 bridgehead atoms. The van der Waals surface area contributed by atoms with Gasteiger partial charge in [0.05, 0.1) is 16.7 Å². The first-order valence-corrected chi connectivity index (χ1v) is 21.3. The molecule has 0 aliphatic rings. The number of anilines is 3. The highest BCUT2D eigenvalue weighted by Crippen LogP contribution is 2.45. The maximum absolute atomic E-state index is 2.43. The van der Waals surface area contributed by atoms with E-state index in [0.29, 0.717) is 0 Å². The minimum absolute atomic E-state index is 1.12. The molecule has 12 rings (SSSR count). The normalized spacial score (nSPS) is 11.8. The summed E-state index contributed by atoms with van der Waals surface area (Å²) in [7, 11) is 0. The number of thiophene rings is 2. The van der Waals surface area contributed by atoms with Crippen LogP contribution in [0.25, 0.3) is 90.1 Å². The van der Waals surface area contributed by atoms with E-state index in [2.05, 4.69) is 216 Å². The van der Waals surface area contributed by atoms with Crippen LogP contribution in [0.2, 0.25) is 0 Å². The fraction of sp³-hybridized carbons (Fsp3) is 0. The zero-order valence-electron chi connectivity index (χ0n) is 31.3. The van der Waals surface area contributed by atoms with Crippen molar-refractivity contribution in [2.45, 2.75) is 0 Å². The highest BCUT2D eigenvalue weighted by Gasteiger charge is 2.19. The Morgan fingerprint density at radius 1 is 0.310 bits per heavy atom. The second-order valence-corrected chi connectivity index (χ2v) is 17.0. The van der Waals surface area contributed by atoms with Gasteiger partial charge in [-0.1, -0.05) is 140 Å². The highest BCUT2D eigenvalue weighted by atomic mass is 32.1. The van der Waals surface area contributed by atoms with Crippen LogP contribution in [0.5, 0.6) is 0 Å². The monoisotopic (exact) mass is 774 g/mol. The molecule has 58 heavy (non-hydrogen) atoms. The Balaban J connectivity index is 0.996. The molecule has 0 aliphatic carbocycles. The fourth-order valence-electron chi connectivity index (χ4n) is 8.99. The Bertz CT molecular complexity index is 3360.